The summed E-state index contributed by atoms with van der Waals surface area (Å²) >= 11 is 0. The van der Waals surface area contributed by atoms with Crippen molar-refractivity contribution in [1.29, 1.82) is 10.5 Å². The molecule has 0 amide bonds. The highest BCUT2D eigenvalue weighted by molar-refractivity contribution is 6.58. The van der Waals surface area contributed by atoms with E-state index in [9.17, 15) is 15.3 Å². The number of nitrogens with zero attached hydrogens (tertiary/aromatic N) is 4. The molecule has 1 aromatic heterocycles. The predicted octanol–water partition coefficient (Wildman–Crippen LogP) is -1.26. The number of nitrogen functional groups attached to an aromatic ring is 2. The van der Waals surface area contributed by atoms with Crippen LogP contribution >= 0.6 is 0 Å². The first-order valence-corrected chi connectivity index (χ1v) is 7.41. The lowest BCUT2D eigenvalue weighted by atomic mass is 9.78. The summed E-state index contributed by atoms with van der Waals surface area (Å²) in [5.41, 5.74) is 13.3. The summed E-state index contributed by atoms with van der Waals surface area (Å²) in [5.74, 6) is 0.329. The van der Waals surface area contributed by atoms with Crippen LogP contribution in [0.25, 0.3) is 0 Å². The maximum atomic E-state index is 9.41. The van der Waals surface area contributed by atoms with Crippen LogP contribution in [0.4, 0.5) is 17.3 Å². The molecule has 0 aliphatic carbocycles. The Kier molecular flexibility index (Phi) is 4.33. The lowest BCUT2D eigenvalue weighted by Gasteiger charge is -2.26. The molecule has 128 valence electrons. The minimum absolute atomic E-state index is 0.0285. The molecule has 0 bridgehead atoms. The van der Waals surface area contributed by atoms with Crippen LogP contribution in [0.15, 0.2) is 29.3 Å². The molecule has 0 saturated heterocycles. The van der Waals surface area contributed by atoms with Crippen LogP contribution in [0.1, 0.15) is 22.7 Å². The number of nitrogens with one attached hydrogen (secondary N) is 2. The summed E-state index contributed by atoms with van der Waals surface area (Å²) in [6.07, 6.45) is 1.76. The van der Waals surface area contributed by atoms with E-state index in [1.165, 1.54) is 0 Å². The van der Waals surface area contributed by atoms with Gasteiger partial charge >= 0.3 is 7.12 Å². The molecule has 8 N–H and O–H groups in total. The smallest absolute Gasteiger partial charge is 0.423 e. The van der Waals surface area contributed by atoms with Crippen LogP contribution in [-0.4, -0.2) is 28.1 Å². The number of nitriles is 2. The average molecular weight is 348 g/mol. The van der Waals surface area contributed by atoms with Crippen molar-refractivity contribution in [2.75, 3.05) is 16.8 Å². The summed E-state index contributed by atoms with van der Waals surface area (Å²) in [4.78, 5) is 8.53. The van der Waals surface area contributed by atoms with E-state index in [-0.39, 0.29) is 34.3 Å². The van der Waals surface area contributed by atoms with E-state index < -0.39 is 13.2 Å². The fourth-order valence-corrected chi connectivity index (χ4v) is 2.71. The Hall–Kier alpha value is -3.80. The van der Waals surface area contributed by atoms with Crippen molar-refractivity contribution in [1.82, 2.24) is 10.3 Å². The monoisotopic (exact) mass is 348 g/mol. The largest absolute Gasteiger partial charge is 0.488 e. The number of rotatable bonds is 2. The Morgan fingerprint density at radius 3 is 2.69 bits per heavy atom. The Bertz CT molecular complexity index is 992. The summed E-state index contributed by atoms with van der Waals surface area (Å²) < 4.78 is 0. The van der Waals surface area contributed by atoms with E-state index in [0.29, 0.717) is 11.1 Å². The Morgan fingerprint density at radius 2 is 2.04 bits per heavy atom. The van der Waals surface area contributed by atoms with E-state index in [1.807, 2.05) is 6.07 Å². The maximum absolute atomic E-state index is 9.41. The lowest BCUT2D eigenvalue weighted by molar-refractivity contribution is 0.425. The van der Waals surface area contributed by atoms with E-state index in [0.717, 1.165) is 0 Å². The quantitative estimate of drug-likeness (QED) is 0.218. The predicted molar refractivity (Wildman–Crippen MR) is 95.7 cm³/mol. The van der Waals surface area contributed by atoms with Gasteiger partial charge in [0.1, 0.15) is 29.3 Å². The molecule has 1 atom stereocenters. The molecule has 10 nitrogen and oxygen atoms in total. The zero-order valence-corrected chi connectivity index (χ0v) is 13.3. The second kappa shape index (κ2) is 6.60. The molecule has 1 unspecified atom stereocenters. The Balaban J connectivity index is 2.23. The van der Waals surface area contributed by atoms with Gasteiger partial charge in [-0.1, -0.05) is 24.3 Å². The number of fused-ring (bicyclic) bond motifs is 1. The van der Waals surface area contributed by atoms with Crippen molar-refractivity contribution < 1.29 is 10.0 Å². The zero-order valence-electron chi connectivity index (χ0n) is 13.3. The van der Waals surface area contributed by atoms with Crippen LogP contribution < -0.4 is 27.6 Å². The van der Waals surface area contributed by atoms with Crippen LogP contribution in [0, 0.1) is 22.8 Å². The molecule has 3 rings (SSSR count). The van der Waals surface area contributed by atoms with Crippen LogP contribution in [0.3, 0.4) is 0 Å². The van der Waals surface area contributed by atoms with Gasteiger partial charge < -0.3 is 26.8 Å². The number of nitrogens with two attached hydrogens (primary N) is 2. The van der Waals surface area contributed by atoms with Crippen molar-refractivity contribution >= 4 is 35.9 Å². The fourth-order valence-electron chi connectivity index (χ4n) is 2.71. The summed E-state index contributed by atoms with van der Waals surface area (Å²) in [6, 6.07) is 7.60. The second-order valence-corrected chi connectivity index (χ2v) is 5.45. The highest BCUT2D eigenvalue weighted by atomic mass is 16.4. The number of anilines is 3. The molecule has 1 aliphatic heterocycles. The van der Waals surface area contributed by atoms with Crippen molar-refractivity contribution in [3.8, 4) is 12.3 Å². The van der Waals surface area contributed by atoms with E-state index in [4.69, 9.17) is 16.7 Å². The molecule has 0 spiro atoms. The molecule has 0 fully saturated rings. The third kappa shape index (κ3) is 2.84. The number of benzene rings is 1. The maximum Gasteiger partial charge on any atom is 0.488 e. The summed E-state index contributed by atoms with van der Waals surface area (Å²) in [7, 11) is -1.66. The Morgan fingerprint density at radius 1 is 1.27 bits per heavy atom. The number of pyridine rings is 1. The highest BCUT2D eigenvalue weighted by Crippen LogP contribution is 2.40. The molecular formula is C15H13BN8O2. The van der Waals surface area contributed by atoms with Gasteiger partial charge in [-0.3, -0.25) is 5.32 Å². The number of aliphatic imine (C=N–C) groups is 1. The first-order valence-electron chi connectivity index (χ1n) is 7.41. The van der Waals surface area contributed by atoms with Gasteiger partial charge in [-0.2, -0.15) is 10.5 Å². The topological polar surface area (TPSA) is 189 Å². The standard InChI is InChI=1S/C15H13BN8O2/c17-5-9-11(19)10-12(7-2-1-3-8(4-7)16(25)26)22-15(21-6-18)24-14(10)23-13(9)20/h1-4,12,25-26H,(H6,19,20,21,22,23,24). The molecular weight excluding hydrogens is 335 g/mol. The third-order valence-corrected chi connectivity index (χ3v) is 3.88. The first kappa shape index (κ1) is 17.0. The molecule has 2 aromatic rings. The first-order chi connectivity index (χ1) is 12.5. The second-order valence-electron chi connectivity index (χ2n) is 5.45. The van der Waals surface area contributed by atoms with Crippen LogP contribution in [0.5, 0.6) is 0 Å². The fraction of sp³-hybridized carbons (Fsp3) is 0.0667. The summed E-state index contributed by atoms with van der Waals surface area (Å²) in [6.45, 7) is 0. The van der Waals surface area contributed by atoms with Gasteiger partial charge in [0.15, 0.2) is 6.19 Å². The number of hydrogen-bond donors (Lipinski definition) is 6. The number of aromatic nitrogens is 1. The Labute approximate surface area is 148 Å². The van der Waals surface area contributed by atoms with Gasteiger partial charge in [-0.25, -0.2) is 9.98 Å². The van der Waals surface area contributed by atoms with E-state index in [2.05, 4.69) is 20.6 Å². The van der Waals surface area contributed by atoms with Crippen LogP contribution in [0.2, 0.25) is 0 Å². The molecule has 0 saturated carbocycles. The van der Waals surface area contributed by atoms with Gasteiger partial charge in [0.05, 0.1) is 5.69 Å². The lowest BCUT2D eigenvalue weighted by Crippen LogP contribution is -2.33. The molecule has 0 radical (unpaired) electrons. The number of hydrogen-bond acceptors (Lipinski definition) is 10. The minimum atomic E-state index is -1.66. The molecule has 1 aromatic carbocycles. The van der Waals surface area contributed by atoms with Crippen molar-refractivity contribution in [3.05, 3.63) is 41.0 Å². The molecule has 1 aliphatic rings. The number of guanidine groups is 1. The van der Waals surface area contributed by atoms with E-state index in [1.54, 1.807) is 30.5 Å². The zero-order chi connectivity index (χ0) is 18.8. The minimum Gasteiger partial charge on any atom is -0.423 e. The molecule has 2 heterocycles. The molecule has 26 heavy (non-hydrogen) atoms. The summed E-state index contributed by atoms with van der Waals surface area (Å²) in [5, 5.41) is 42.2. The van der Waals surface area contributed by atoms with Gasteiger partial charge in [-0.15, -0.1) is 0 Å². The third-order valence-electron chi connectivity index (χ3n) is 3.88. The van der Waals surface area contributed by atoms with Gasteiger partial charge in [0.25, 0.3) is 0 Å². The highest BCUT2D eigenvalue weighted by Gasteiger charge is 2.30. The molecule has 11 heteroatoms. The van der Waals surface area contributed by atoms with Gasteiger partial charge in [0.2, 0.25) is 5.96 Å². The van der Waals surface area contributed by atoms with Gasteiger partial charge in [0, 0.05) is 5.56 Å². The van der Waals surface area contributed by atoms with Crippen molar-refractivity contribution in [2.45, 2.75) is 6.04 Å². The van der Waals surface area contributed by atoms with Crippen molar-refractivity contribution in [2.24, 2.45) is 4.99 Å². The van der Waals surface area contributed by atoms with E-state index >= 15 is 0 Å². The van der Waals surface area contributed by atoms with Crippen molar-refractivity contribution in [3.63, 3.8) is 0 Å². The SMILES string of the molecule is N#CNC1=NC(c2cccc(B(O)O)c2)c2c(nc(N)c(C#N)c2N)N1. The average Bonchev–Trinajstić information content (AvgIpc) is 2.61. The van der Waals surface area contributed by atoms with Gasteiger partial charge in [-0.05, 0) is 11.0 Å². The van der Waals surface area contributed by atoms with Crippen LogP contribution in [-0.2, 0) is 0 Å². The normalized spacial score (nSPS) is 14.9.